The molecule has 3 rings (SSSR count). The Balaban J connectivity index is 2.20. The fourth-order valence-electron chi connectivity index (χ4n) is 2.61. The average molecular weight is 342 g/mol. The number of carbonyl (C=O) groups is 2. The van der Waals surface area contributed by atoms with Crippen LogP contribution < -0.4 is 4.74 Å². The van der Waals surface area contributed by atoms with Crippen LogP contribution in [0.3, 0.4) is 0 Å². The molecule has 0 atom stereocenters. The molecule has 1 aromatic heterocycles. The van der Waals surface area contributed by atoms with Gasteiger partial charge in [0.25, 0.3) is 0 Å². The quantitative estimate of drug-likeness (QED) is 0.731. The molecule has 0 radical (unpaired) electrons. The second-order valence-electron chi connectivity index (χ2n) is 5.25. The van der Waals surface area contributed by atoms with Gasteiger partial charge < -0.3 is 14.9 Å². The molecule has 0 amide bonds. The van der Waals surface area contributed by atoms with Gasteiger partial charge in [-0.15, -0.1) is 11.3 Å². The van der Waals surface area contributed by atoms with E-state index in [0.717, 1.165) is 32.5 Å². The first-order valence-electron chi connectivity index (χ1n) is 7.18. The fourth-order valence-corrected chi connectivity index (χ4v) is 3.47. The number of hydrogen-bond acceptors (Lipinski definition) is 4. The van der Waals surface area contributed by atoms with E-state index in [1.54, 1.807) is 6.07 Å². The zero-order chi connectivity index (χ0) is 17.3. The van der Waals surface area contributed by atoms with Crippen LogP contribution in [0.2, 0.25) is 0 Å². The number of aryl methyl sites for hydroxylation is 1. The Hall–Kier alpha value is -2.86. The molecule has 0 aliphatic rings. The summed E-state index contributed by atoms with van der Waals surface area (Å²) in [5.41, 5.74) is 1.53. The molecule has 0 saturated heterocycles. The van der Waals surface area contributed by atoms with E-state index in [0.29, 0.717) is 11.3 Å². The molecule has 2 N–H and O–H groups in total. The van der Waals surface area contributed by atoms with E-state index in [2.05, 4.69) is 0 Å². The van der Waals surface area contributed by atoms with Crippen LogP contribution in [0.1, 0.15) is 15.2 Å². The lowest BCUT2D eigenvalue weighted by molar-refractivity contribution is -0.139. The number of aliphatic carboxylic acids is 1. The largest absolute Gasteiger partial charge is 0.481 e. The van der Waals surface area contributed by atoms with Gasteiger partial charge in [0.2, 0.25) is 0 Å². The van der Waals surface area contributed by atoms with E-state index in [1.165, 1.54) is 6.07 Å². The number of thiophene rings is 1. The molecule has 5 nitrogen and oxygen atoms in total. The SMILES string of the molecule is Cc1c(OCC(=O)O)c(-c2ccc(C(=O)O)s2)cc2ccccc12. The predicted octanol–water partition coefficient (Wildman–Crippen LogP) is 4.04. The molecule has 0 bridgehead atoms. The van der Waals surface area contributed by atoms with Gasteiger partial charge in [-0.25, -0.2) is 9.59 Å². The summed E-state index contributed by atoms with van der Waals surface area (Å²) in [6, 6.07) is 12.9. The Kier molecular flexibility index (Phi) is 4.22. The second-order valence-corrected chi connectivity index (χ2v) is 6.33. The molecule has 6 heteroatoms. The highest BCUT2D eigenvalue weighted by Crippen LogP contribution is 2.41. The van der Waals surface area contributed by atoms with E-state index in [1.807, 2.05) is 37.3 Å². The summed E-state index contributed by atoms with van der Waals surface area (Å²) in [5.74, 6) is -1.59. The molecule has 0 saturated carbocycles. The van der Waals surface area contributed by atoms with Crippen LogP contribution in [0.4, 0.5) is 0 Å². The Labute approximate surface area is 141 Å². The maximum atomic E-state index is 11.1. The number of rotatable bonds is 5. The highest BCUT2D eigenvalue weighted by Gasteiger charge is 2.17. The third kappa shape index (κ3) is 2.96. The zero-order valence-corrected chi connectivity index (χ0v) is 13.6. The van der Waals surface area contributed by atoms with Crippen LogP contribution in [0.5, 0.6) is 5.75 Å². The van der Waals surface area contributed by atoms with Crippen molar-refractivity contribution in [3.8, 4) is 16.2 Å². The number of ether oxygens (including phenoxy) is 1. The Morgan fingerprint density at radius 3 is 2.54 bits per heavy atom. The highest BCUT2D eigenvalue weighted by atomic mass is 32.1. The first kappa shape index (κ1) is 16.0. The zero-order valence-electron chi connectivity index (χ0n) is 12.8. The van der Waals surface area contributed by atoms with E-state index < -0.39 is 18.5 Å². The van der Waals surface area contributed by atoms with Gasteiger partial charge in [-0.3, -0.25) is 0 Å². The minimum atomic E-state index is -1.06. The third-order valence-corrected chi connectivity index (χ3v) is 4.78. The standard InChI is InChI=1S/C18H14O5S/c1-10-12-5-3-2-4-11(12)8-13(17(10)23-9-16(19)20)14-6-7-15(24-14)18(21)22/h2-8H,9H2,1H3,(H,19,20)(H,21,22). The van der Waals surface area contributed by atoms with Crippen molar-refractivity contribution in [2.24, 2.45) is 0 Å². The van der Waals surface area contributed by atoms with E-state index in [9.17, 15) is 9.59 Å². The van der Waals surface area contributed by atoms with Crippen molar-refractivity contribution < 1.29 is 24.5 Å². The molecule has 0 fully saturated rings. The van der Waals surface area contributed by atoms with Crippen LogP contribution in [0.15, 0.2) is 42.5 Å². The van der Waals surface area contributed by atoms with Gasteiger partial charge in [0, 0.05) is 10.4 Å². The van der Waals surface area contributed by atoms with Crippen molar-refractivity contribution >= 4 is 34.0 Å². The van der Waals surface area contributed by atoms with Gasteiger partial charge in [0.05, 0.1) is 0 Å². The van der Waals surface area contributed by atoms with E-state index in [4.69, 9.17) is 14.9 Å². The predicted molar refractivity (Wildman–Crippen MR) is 92.1 cm³/mol. The first-order valence-corrected chi connectivity index (χ1v) is 7.99. The first-order chi connectivity index (χ1) is 11.5. The number of aromatic carboxylic acids is 1. The Bertz CT molecular complexity index is 942. The van der Waals surface area contributed by atoms with E-state index >= 15 is 0 Å². The molecular weight excluding hydrogens is 328 g/mol. The summed E-state index contributed by atoms with van der Waals surface area (Å²) < 4.78 is 5.52. The Morgan fingerprint density at radius 2 is 1.88 bits per heavy atom. The van der Waals surface area contributed by atoms with E-state index in [-0.39, 0.29) is 4.88 Å². The fraction of sp³-hybridized carbons (Fsp3) is 0.111. The van der Waals surface area contributed by atoms with Crippen molar-refractivity contribution in [1.29, 1.82) is 0 Å². The molecule has 2 aromatic carbocycles. The lowest BCUT2D eigenvalue weighted by Gasteiger charge is -2.15. The molecule has 0 spiro atoms. The van der Waals surface area contributed by atoms with Gasteiger partial charge >= 0.3 is 11.9 Å². The maximum Gasteiger partial charge on any atom is 0.345 e. The van der Waals surface area contributed by atoms with Gasteiger partial charge in [-0.2, -0.15) is 0 Å². The third-order valence-electron chi connectivity index (χ3n) is 3.67. The van der Waals surface area contributed by atoms with Crippen molar-refractivity contribution in [2.75, 3.05) is 6.61 Å². The van der Waals surface area contributed by atoms with Crippen LogP contribution in [0.25, 0.3) is 21.2 Å². The molecule has 122 valence electrons. The summed E-state index contributed by atoms with van der Waals surface area (Å²) in [6.45, 7) is 1.41. The normalized spacial score (nSPS) is 10.7. The molecule has 0 aliphatic heterocycles. The molecular formula is C18H14O5S. The van der Waals surface area contributed by atoms with Crippen molar-refractivity contribution in [2.45, 2.75) is 6.92 Å². The minimum absolute atomic E-state index is 0.222. The summed E-state index contributed by atoms with van der Waals surface area (Å²) >= 11 is 1.13. The summed E-state index contributed by atoms with van der Waals surface area (Å²) in [7, 11) is 0. The molecule has 0 aliphatic carbocycles. The molecule has 0 unspecified atom stereocenters. The number of fused-ring (bicyclic) bond motifs is 1. The van der Waals surface area contributed by atoms with Crippen molar-refractivity contribution in [3.63, 3.8) is 0 Å². The van der Waals surface area contributed by atoms with Gasteiger partial charge in [-0.1, -0.05) is 24.3 Å². The molecule has 3 aromatic rings. The number of benzene rings is 2. The monoisotopic (exact) mass is 342 g/mol. The number of carboxylic acids is 2. The van der Waals surface area contributed by atoms with Gasteiger partial charge in [-0.05, 0) is 41.5 Å². The van der Waals surface area contributed by atoms with Crippen LogP contribution in [0, 0.1) is 6.92 Å². The number of hydrogen-bond donors (Lipinski definition) is 2. The lowest BCUT2D eigenvalue weighted by Crippen LogP contribution is -2.10. The van der Waals surface area contributed by atoms with Crippen LogP contribution in [-0.4, -0.2) is 28.8 Å². The van der Waals surface area contributed by atoms with Crippen molar-refractivity contribution in [3.05, 3.63) is 52.9 Å². The topological polar surface area (TPSA) is 83.8 Å². The van der Waals surface area contributed by atoms with Crippen LogP contribution >= 0.6 is 11.3 Å². The van der Waals surface area contributed by atoms with Crippen molar-refractivity contribution in [1.82, 2.24) is 0 Å². The van der Waals surface area contributed by atoms with Crippen LogP contribution in [-0.2, 0) is 4.79 Å². The summed E-state index contributed by atoms with van der Waals surface area (Å²) in [6.07, 6.45) is 0. The smallest absolute Gasteiger partial charge is 0.345 e. The number of carboxylic acid groups (broad SMARTS) is 2. The summed E-state index contributed by atoms with van der Waals surface area (Å²) in [4.78, 5) is 23.0. The highest BCUT2D eigenvalue weighted by molar-refractivity contribution is 7.17. The molecule has 1 heterocycles. The average Bonchev–Trinajstić information content (AvgIpc) is 3.04. The lowest BCUT2D eigenvalue weighted by atomic mass is 9.99. The summed E-state index contributed by atoms with van der Waals surface area (Å²) in [5, 5.41) is 20.0. The minimum Gasteiger partial charge on any atom is -0.481 e. The van der Waals surface area contributed by atoms with Gasteiger partial charge in [0.1, 0.15) is 10.6 Å². The van der Waals surface area contributed by atoms with Gasteiger partial charge in [0.15, 0.2) is 6.61 Å². The molecule has 24 heavy (non-hydrogen) atoms. The second kappa shape index (κ2) is 6.33. The maximum absolute atomic E-state index is 11.1. The Morgan fingerprint density at radius 1 is 1.12 bits per heavy atom.